The number of carbonyl (C=O) groups is 1. The summed E-state index contributed by atoms with van der Waals surface area (Å²) in [7, 11) is 0. The number of hydrogen-bond acceptors (Lipinski definition) is 6. The van der Waals surface area contributed by atoms with E-state index >= 15 is 0 Å². The summed E-state index contributed by atoms with van der Waals surface area (Å²) in [6.07, 6.45) is 1.83. The van der Waals surface area contributed by atoms with Gasteiger partial charge in [0.15, 0.2) is 0 Å². The highest BCUT2D eigenvalue weighted by Crippen LogP contribution is 2.38. The number of halogens is 1. The van der Waals surface area contributed by atoms with Crippen molar-refractivity contribution in [2.45, 2.75) is 13.8 Å². The molecule has 2 aromatic heterocycles. The van der Waals surface area contributed by atoms with Gasteiger partial charge in [0.1, 0.15) is 21.8 Å². The Hall–Kier alpha value is -3.44. The molecule has 4 aromatic rings. The van der Waals surface area contributed by atoms with E-state index in [9.17, 15) is 10.1 Å². The Bertz CT molecular complexity index is 1360. The largest absolute Gasteiger partial charge is 0.372 e. The zero-order chi connectivity index (χ0) is 24.8. The van der Waals surface area contributed by atoms with Crippen LogP contribution in [-0.4, -0.2) is 24.0 Å². The van der Waals surface area contributed by atoms with Crippen LogP contribution in [0.25, 0.3) is 22.2 Å². The molecule has 0 aliphatic heterocycles. The van der Waals surface area contributed by atoms with Crippen molar-refractivity contribution in [2.75, 3.05) is 23.3 Å². The van der Waals surface area contributed by atoms with E-state index < -0.39 is 0 Å². The number of benzene rings is 2. The zero-order valence-electron chi connectivity index (χ0n) is 19.3. The minimum absolute atomic E-state index is 0.260. The molecule has 0 saturated carbocycles. The highest BCUT2D eigenvalue weighted by Gasteiger charge is 2.19. The molecule has 176 valence electrons. The number of nitrogens with one attached hydrogen (secondary N) is 1. The van der Waals surface area contributed by atoms with Crippen molar-refractivity contribution >= 4 is 62.5 Å². The number of aromatic nitrogens is 1. The van der Waals surface area contributed by atoms with Crippen LogP contribution >= 0.6 is 34.3 Å². The predicted molar refractivity (Wildman–Crippen MR) is 148 cm³/mol. The van der Waals surface area contributed by atoms with Crippen molar-refractivity contribution in [2.24, 2.45) is 0 Å². The van der Waals surface area contributed by atoms with Gasteiger partial charge in [-0.15, -0.1) is 11.3 Å². The van der Waals surface area contributed by atoms with Crippen LogP contribution in [0.2, 0.25) is 5.02 Å². The minimum atomic E-state index is -0.260. The van der Waals surface area contributed by atoms with Gasteiger partial charge >= 0.3 is 0 Å². The van der Waals surface area contributed by atoms with E-state index in [1.807, 2.05) is 35.7 Å². The lowest BCUT2D eigenvalue weighted by molar-refractivity contribution is 0.102. The van der Waals surface area contributed by atoms with Crippen molar-refractivity contribution in [3.8, 4) is 16.6 Å². The molecule has 0 saturated heterocycles. The first-order chi connectivity index (χ1) is 17.0. The Morgan fingerprint density at radius 1 is 1.11 bits per heavy atom. The van der Waals surface area contributed by atoms with Crippen molar-refractivity contribution < 1.29 is 4.79 Å². The molecular formula is C27H23ClN4OS2. The van der Waals surface area contributed by atoms with Gasteiger partial charge in [0, 0.05) is 29.4 Å². The summed E-state index contributed by atoms with van der Waals surface area (Å²) in [5.41, 5.74) is 3.64. The van der Waals surface area contributed by atoms with Gasteiger partial charge in [-0.05, 0) is 73.3 Å². The molecule has 0 fully saturated rings. The van der Waals surface area contributed by atoms with Crippen LogP contribution in [0.4, 0.5) is 10.7 Å². The SMILES string of the molecule is CCN(CC)c1ccc(C=C(C#N)c2nc(-c3cccs3)c(NC(=O)c3ccc(Cl)cc3)s2)cc1. The number of rotatable bonds is 8. The van der Waals surface area contributed by atoms with Crippen molar-refractivity contribution in [1.82, 2.24) is 4.98 Å². The summed E-state index contributed by atoms with van der Waals surface area (Å²) in [6, 6.07) is 21.0. The summed E-state index contributed by atoms with van der Waals surface area (Å²) in [5, 5.41) is 16.6. The van der Waals surface area contributed by atoms with Gasteiger partial charge in [0.05, 0.1) is 10.5 Å². The Morgan fingerprint density at radius 2 is 1.83 bits per heavy atom. The molecule has 0 spiro atoms. The first-order valence-corrected chi connectivity index (χ1v) is 13.2. The zero-order valence-corrected chi connectivity index (χ0v) is 21.7. The maximum Gasteiger partial charge on any atom is 0.256 e. The van der Waals surface area contributed by atoms with E-state index in [0.29, 0.717) is 31.9 Å². The van der Waals surface area contributed by atoms with Crippen LogP contribution in [0, 0.1) is 11.3 Å². The minimum Gasteiger partial charge on any atom is -0.372 e. The molecule has 35 heavy (non-hydrogen) atoms. The van der Waals surface area contributed by atoms with Crippen LogP contribution < -0.4 is 10.2 Å². The fourth-order valence-corrected chi connectivity index (χ4v) is 5.41. The van der Waals surface area contributed by atoms with E-state index in [1.54, 1.807) is 24.3 Å². The molecule has 2 aromatic carbocycles. The Labute approximate surface area is 218 Å². The lowest BCUT2D eigenvalue weighted by Gasteiger charge is -2.20. The maximum absolute atomic E-state index is 12.9. The molecule has 0 aliphatic rings. The van der Waals surface area contributed by atoms with Crippen LogP contribution in [0.1, 0.15) is 34.8 Å². The summed E-state index contributed by atoms with van der Waals surface area (Å²) < 4.78 is 0. The molecule has 8 heteroatoms. The number of hydrogen-bond donors (Lipinski definition) is 1. The number of amides is 1. The second-order valence-electron chi connectivity index (χ2n) is 7.57. The van der Waals surface area contributed by atoms with Gasteiger partial charge in [-0.2, -0.15) is 5.26 Å². The summed E-state index contributed by atoms with van der Waals surface area (Å²) in [4.78, 5) is 20.8. The molecule has 0 radical (unpaired) electrons. The lowest BCUT2D eigenvalue weighted by atomic mass is 10.1. The van der Waals surface area contributed by atoms with Crippen molar-refractivity contribution in [3.05, 3.63) is 87.2 Å². The van der Waals surface area contributed by atoms with E-state index in [0.717, 1.165) is 29.2 Å². The van der Waals surface area contributed by atoms with E-state index in [2.05, 4.69) is 42.3 Å². The topological polar surface area (TPSA) is 69.0 Å². The van der Waals surface area contributed by atoms with Crippen LogP contribution in [-0.2, 0) is 0 Å². The van der Waals surface area contributed by atoms with Crippen molar-refractivity contribution in [1.29, 1.82) is 5.26 Å². The van der Waals surface area contributed by atoms with Gasteiger partial charge in [0.2, 0.25) is 0 Å². The number of carbonyl (C=O) groups excluding carboxylic acids is 1. The van der Waals surface area contributed by atoms with E-state index in [4.69, 9.17) is 16.6 Å². The standard InChI is InChI=1S/C27H23ClN4OS2/c1-3-32(4-2)22-13-7-18(8-14-22)16-20(17-29)26-30-24(23-6-5-15-34-23)27(35-26)31-25(33)19-9-11-21(28)12-10-19/h5-16H,3-4H2,1-2H3,(H,31,33). The Kier molecular flexibility index (Phi) is 7.98. The highest BCUT2D eigenvalue weighted by atomic mass is 35.5. The average molecular weight is 519 g/mol. The smallest absolute Gasteiger partial charge is 0.256 e. The third kappa shape index (κ3) is 5.80. The fraction of sp³-hybridized carbons (Fsp3) is 0.148. The molecular weight excluding hydrogens is 496 g/mol. The third-order valence-electron chi connectivity index (χ3n) is 5.40. The van der Waals surface area contributed by atoms with Crippen LogP contribution in [0.3, 0.4) is 0 Å². The van der Waals surface area contributed by atoms with Gasteiger partial charge in [-0.1, -0.05) is 41.1 Å². The monoisotopic (exact) mass is 518 g/mol. The highest BCUT2D eigenvalue weighted by molar-refractivity contribution is 7.19. The molecule has 0 unspecified atom stereocenters. The molecule has 2 heterocycles. The van der Waals surface area contributed by atoms with Gasteiger partial charge < -0.3 is 10.2 Å². The molecule has 0 bridgehead atoms. The number of allylic oxidation sites excluding steroid dienone is 1. The first-order valence-electron chi connectivity index (χ1n) is 11.1. The molecule has 5 nitrogen and oxygen atoms in total. The molecule has 1 N–H and O–H groups in total. The fourth-order valence-electron chi connectivity index (χ4n) is 3.56. The quantitative estimate of drug-likeness (QED) is 0.243. The molecule has 1 amide bonds. The second kappa shape index (κ2) is 11.3. The molecule has 4 rings (SSSR count). The van der Waals surface area contributed by atoms with Gasteiger partial charge in [0.25, 0.3) is 5.91 Å². The van der Waals surface area contributed by atoms with Gasteiger partial charge in [-0.3, -0.25) is 4.79 Å². The third-order valence-corrected chi connectivity index (χ3v) is 7.53. The molecule has 0 atom stereocenters. The Morgan fingerprint density at radius 3 is 2.43 bits per heavy atom. The summed E-state index contributed by atoms with van der Waals surface area (Å²) >= 11 is 8.77. The number of nitrogens with zero attached hydrogens (tertiary/aromatic N) is 3. The summed E-state index contributed by atoms with van der Waals surface area (Å²) in [6.45, 7) is 6.12. The van der Waals surface area contributed by atoms with Crippen LogP contribution in [0.5, 0.6) is 0 Å². The predicted octanol–water partition coefficient (Wildman–Crippen LogP) is 7.69. The number of thiophene rings is 1. The normalized spacial score (nSPS) is 11.2. The maximum atomic E-state index is 12.9. The summed E-state index contributed by atoms with van der Waals surface area (Å²) in [5.74, 6) is -0.260. The van der Waals surface area contributed by atoms with E-state index in [-0.39, 0.29) is 5.91 Å². The van der Waals surface area contributed by atoms with Crippen molar-refractivity contribution in [3.63, 3.8) is 0 Å². The average Bonchev–Trinajstić information content (AvgIpc) is 3.55. The number of nitriles is 1. The van der Waals surface area contributed by atoms with Crippen LogP contribution in [0.15, 0.2) is 66.0 Å². The second-order valence-corrected chi connectivity index (χ2v) is 9.95. The number of thiazole rings is 1. The Balaban J connectivity index is 1.66. The van der Waals surface area contributed by atoms with Gasteiger partial charge in [-0.25, -0.2) is 4.98 Å². The molecule has 0 aliphatic carbocycles. The first kappa shape index (κ1) is 24.7. The van der Waals surface area contributed by atoms with E-state index in [1.165, 1.54) is 22.7 Å². The lowest BCUT2D eigenvalue weighted by Crippen LogP contribution is -2.21. The number of anilines is 2.